The van der Waals surface area contributed by atoms with Crippen LogP contribution in [0.25, 0.3) is 11.0 Å². The maximum atomic E-state index is 5.94. The van der Waals surface area contributed by atoms with Crippen LogP contribution < -0.4 is 0 Å². The Bertz CT molecular complexity index is 587. The molecule has 1 aliphatic rings. The summed E-state index contributed by atoms with van der Waals surface area (Å²) in [6.07, 6.45) is 6.33. The van der Waals surface area contributed by atoms with E-state index in [1.54, 1.807) is 0 Å². The molecule has 0 bridgehead atoms. The highest BCUT2D eigenvalue weighted by Gasteiger charge is 2.19. The van der Waals surface area contributed by atoms with Crippen molar-refractivity contribution >= 4 is 22.6 Å². The Morgan fingerprint density at radius 1 is 1.29 bits per heavy atom. The lowest BCUT2D eigenvalue weighted by Gasteiger charge is -2.24. The Balaban J connectivity index is 1.76. The highest BCUT2D eigenvalue weighted by Crippen LogP contribution is 2.23. The molecule has 3 rings (SSSR count). The second kappa shape index (κ2) is 6.80. The van der Waals surface area contributed by atoms with Crippen LogP contribution in [0.5, 0.6) is 0 Å². The van der Waals surface area contributed by atoms with Gasteiger partial charge in [-0.25, -0.2) is 4.98 Å². The van der Waals surface area contributed by atoms with Crippen LogP contribution in [0.15, 0.2) is 24.3 Å². The molecule has 0 saturated heterocycles. The summed E-state index contributed by atoms with van der Waals surface area (Å²) < 4.78 is 2.35. The van der Waals surface area contributed by atoms with Crippen molar-refractivity contribution in [3.05, 3.63) is 30.1 Å². The van der Waals surface area contributed by atoms with Gasteiger partial charge in [-0.3, -0.25) is 0 Å². The fourth-order valence-corrected chi connectivity index (χ4v) is 3.60. The van der Waals surface area contributed by atoms with Gasteiger partial charge in [0.25, 0.3) is 0 Å². The minimum atomic E-state index is 0.627. The number of aryl methyl sites for hydroxylation is 1. The lowest BCUT2D eigenvalue weighted by molar-refractivity contribution is 0.236. The summed E-state index contributed by atoms with van der Waals surface area (Å²) in [4.78, 5) is 7.26. The first-order valence-electron chi connectivity index (χ1n) is 8.00. The zero-order valence-electron chi connectivity index (χ0n) is 12.8. The predicted molar refractivity (Wildman–Crippen MR) is 89.0 cm³/mol. The van der Waals surface area contributed by atoms with Crippen molar-refractivity contribution in [3.8, 4) is 0 Å². The number of para-hydroxylation sites is 2. The summed E-state index contributed by atoms with van der Waals surface area (Å²) in [5.74, 6) is 1.74. The predicted octanol–water partition coefficient (Wildman–Crippen LogP) is 3.69. The van der Waals surface area contributed by atoms with Crippen molar-refractivity contribution in [3.63, 3.8) is 0 Å². The first-order chi connectivity index (χ1) is 10.3. The number of hydrogen-bond acceptors (Lipinski definition) is 2. The second-order valence-corrected chi connectivity index (χ2v) is 6.40. The molecule has 0 unspecified atom stereocenters. The molecule has 0 spiro atoms. The zero-order valence-corrected chi connectivity index (χ0v) is 13.5. The van der Waals surface area contributed by atoms with E-state index in [4.69, 9.17) is 16.6 Å². The summed E-state index contributed by atoms with van der Waals surface area (Å²) in [5, 5.41) is 0. The molecule has 2 aromatic rings. The molecule has 114 valence electrons. The second-order valence-electron chi connectivity index (χ2n) is 6.03. The average molecular weight is 306 g/mol. The maximum Gasteiger partial charge on any atom is 0.111 e. The lowest BCUT2D eigenvalue weighted by atomic mass is 10.2. The lowest BCUT2D eigenvalue weighted by Crippen LogP contribution is -2.32. The van der Waals surface area contributed by atoms with Crippen LogP contribution in [0.4, 0.5) is 0 Å². The fraction of sp³-hybridized carbons (Fsp3) is 0.588. The molecule has 3 nitrogen and oxygen atoms in total. The molecule has 0 atom stereocenters. The minimum absolute atomic E-state index is 0.627. The number of rotatable bonds is 6. The molecule has 1 saturated carbocycles. The van der Waals surface area contributed by atoms with Gasteiger partial charge in [0, 0.05) is 31.4 Å². The standard InChI is InChI=1S/C17H24ClN3/c1-20(14-6-2-3-7-14)12-13-21-16-9-5-4-8-15(16)19-17(21)10-11-18/h4-5,8-9,14H,2-3,6-7,10-13H2,1H3. The minimum Gasteiger partial charge on any atom is -0.327 e. The average Bonchev–Trinajstić information content (AvgIpc) is 3.13. The van der Waals surface area contributed by atoms with Crippen LogP contribution in [0.2, 0.25) is 0 Å². The Morgan fingerprint density at radius 2 is 2.05 bits per heavy atom. The number of halogens is 1. The van der Waals surface area contributed by atoms with Crippen LogP contribution in [-0.4, -0.2) is 40.0 Å². The molecule has 0 aliphatic heterocycles. The smallest absolute Gasteiger partial charge is 0.111 e. The van der Waals surface area contributed by atoms with Gasteiger partial charge in [-0.1, -0.05) is 25.0 Å². The van der Waals surface area contributed by atoms with Gasteiger partial charge in [-0.2, -0.15) is 0 Å². The molecular formula is C17H24ClN3. The number of benzene rings is 1. The largest absolute Gasteiger partial charge is 0.327 e. The first kappa shape index (κ1) is 14.9. The molecule has 0 radical (unpaired) electrons. The van der Waals surface area contributed by atoms with Gasteiger partial charge < -0.3 is 9.47 Å². The maximum absolute atomic E-state index is 5.94. The van der Waals surface area contributed by atoms with Gasteiger partial charge >= 0.3 is 0 Å². The van der Waals surface area contributed by atoms with E-state index in [0.717, 1.165) is 36.9 Å². The Morgan fingerprint density at radius 3 is 2.81 bits per heavy atom. The summed E-state index contributed by atoms with van der Waals surface area (Å²) >= 11 is 5.94. The molecule has 4 heteroatoms. The topological polar surface area (TPSA) is 21.1 Å². The van der Waals surface area contributed by atoms with E-state index >= 15 is 0 Å². The molecule has 0 amide bonds. The normalized spacial score (nSPS) is 16.3. The van der Waals surface area contributed by atoms with Crippen LogP contribution in [0.3, 0.4) is 0 Å². The Kier molecular flexibility index (Phi) is 4.81. The fourth-order valence-electron chi connectivity index (χ4n) is 3.44. The van der Waals surface area contributed by atoms with Crippen LogP contribution in [0, 0.1) is 0 Å². The van der Waals surface area contributed by atoms with E-state index in [-0.39, 0.29) is 0 Å². The van der Waals surface area contributed by atoms with Gasteiger partial charge in [0.15, 0.2) is 0 Å². The molecule has 1 aromatic carbocycles. The van der Waals surface area contributed by atoms with Crippen LogP contribution >= 0.6 is 11.6 Å². The van der Waals surface area contributed by atoms with Gasteiger partial charge in [-0.15, -0.1) is 11.6 Å². The SMILES string of the molecule is CN(CCn1c(CCCl)nc2ccccc21)C1CCCC1. The van der Waals surface area contributed by atoms with E-state index in [2.05, 4.69) is 40.8 Å². The zero-order chi connectivity index (χ0) is 14.7. The molecule has 1 heterocycles. The number of imidazole rings is 1. The van der Waals surface area contributed by atoms with E-state index in [1.807, 2.05) is 0 Å². The van der Waals surface area contributed by atoms with E-state index in [1.165, 1.54) is 31.2 Å². The number of aromatic nitrogens is 2. The molecule has 21 heavy (non-hydrogen) atoms. The van der Waals surface area contributed by atoms with Crippen LogP contribution in [0.1, 0.15) is 31.5 Å². The Labute approximate surface area is 131 Å². The molecule has 1 aromatic heterocycles. The number of likely N-dealkylation sites (N-methyl/N-ethyl adjacent to an activating group) is 1. The van der Waals surface area contributed by atoms with Crippen LogP contribution in [-0.2, 0) is 13.0 Å². The number of fused-ring (bicyclic) bond motifs is 1. The van der Waals surface area contributed by atoms with Crippen molar-refractivity contribution < 1.29 is 0 Å². The monoisotopic (exact) mass is 305 g/mol. The van der Waals surface area contributed by atoms with E-state index in [9.17, 15) is 0 Å². The number of alkyl halides is 1. The summed E-state index contributed by atoms with van der Waals surface area (Å²) in [7, 11) is 2.26. The highest BCUT2D eigenvalue weighted by atomic mass is 35.5. The number of nitrogens with zero attached hydrogens (tertiary/aromatic N) is 3. The summed E-state index contributed by atoms with van der Waals surface area (Å²) in [6.45, 7) is 2.08. The van der Waals surface area contributed by atoms with Crippen molar-refractivity contribution in [1.82, 2.24) is 14.5 Å². The van der Waals surface area contributed by atoms with Gasteiger partial charge in [-0.05, 0) is 32.0 Å². The first-order valence-corrected chi connectivity index (χ1v) is 8.53. The molecule has 0 N–H and O–H groups in total. The summed E-state index contributed by atoms with van der Waals surface area (Å²) in [6, 6.07) is 9.16. The highest BCUT2D eigenvalue weighted by molar-refractivity contribution is 6.17. The quantitative estimate of drug-likeness (QED) is 0.759. The van der Waals surface area contributed by atoms with Crippen molar-refractivity contribution in [2.45, 2.75) is 44.7 Å². The third-order valence-electron chi connectivity index (χ3n) is 4.68. The van der Waals surface area contributed by atoms with Gasteiger partial charge in [0.05, 0.1) is 11.0 Å². The number of hydrogen-bond donors (Lipinski definition) is 0. The Hall–Kier alpha value is -1.06. The summed E-state index contributed by atoms with van der Waals surface area (Å²) in [5.41, 5.74) is 2.32. The van der Waals surface area contributed by atoms with Gasteiger partial charge in [0.1, 0.15) is 5.82 Å². The van der Waals surface area contributed by atoms with Crippen molar-refractivity contribution in [1.29, 1.82) is 0 Å². The molecule has 1 aliphatic carbocycles. The van der Waals surface area contributed by atoms with E-state index in [0.29, 0.717) is 5.88 Å². The van der Waals surface area contributed by atoms with Crippen molar-refractivity contribution in [2.24, 2.45) is 0 Å². The molecular weight excluding hydrogens is 282 g/mol. The third kappa shape index (κ3) is 3.24. The van der Waals surface area contributed by atoms with Gasteiger partial charge in [0.2, 0.25) is 0 Å². The third-order valence-corrected chi connectivity index (χ3v) is 4.87. The van der Waals surface area contributed by atoms with Crippen molar-refractivity contribution in [2.75, 3.05) is 19.5 Å². The van der Waals surface area contributed by atoms with E-state index < -0.39 is 0 Å². The molecule has 1 fully saturated rings.